The first kappa shape index (κ1) is 22.5. The van der Waals surface area contributed by atoms with E-state index in [0.29, 0.717) is 37.4 Å². The van der Waals surface area contributed by atoms with E-state index in [-0.39, 0.29) is 23.2 Å². The minimum Gasteiger partial charge on any atom is -0.382 e. The molecule has 1 fully saturated rings. The van der Waals surface area contributed by atoms with Crippen molar-refractivity contribution >= 4 is 16.6 Å². The highest BCUT2D eigenvalue weighted by molar-refractivity contribution is 5.82. The summed E-state index contributed by atoms with van der Waals surface area (Å²) in [5.74, 6) is -0.443. The number of ether oxygens (including phenoxy) is 1. The van der Waals surface area contributed by atoms with E-state index in [9.17, 15) is 14.0 Å². The molecule has 1 aliphatic rings. The third-order valence-electron chi connectivity index (χ3n) is 5.86. The Balaban J connectivity index is 2.00. The van der Waals surface area contributed by atoms with E-state index in [1.807, 2.05) is 20.8 Å². The van der Waals surface area contributed by atoms with Crippen molar-refractivity contribution in [3.05, 3.63) is 38.8 Å². The molecule has 166 valence electrons. The fourth-order valence-electron chi connectivity index (χ4n) is 4.29. The molecule has 30 heavy (non-hydrogen) atoms. The zero-order valence-electron chi connectivity index (χ0n) is 18.4. The Hall–Kier alpha value is -2.15. The molecule has 1 aromatic heterocycles. The van der Waals surface area contributed by atoms with Gasteiger partial charge in [-0.05, 0) is 58.6 Å². The van der Waals surface area contributed by atoms with Crippen LogP contribution in [0, 0.1) is 5.82 Å². The van der Waals surface area contributed by atoms with Gasteiger partial charge in [0.25, 0.3) is 5.56 Å². The van der Waals surface area contributed by atoms with Gasteiger partial charge in [-0.1, -0.05) is 19.3 Å². The van der Waals surface area contributed by atoms with Crippen LogP contribution in [0.3, 0.4) is 0 Å². The predicted molar refractivity (Wildman–Crippen MR) is 119 cm³/mol. The zero-order valence-corrected chi connectivity index (χ0v) is 18.4. The molecular weight excluding hydrogens is 385 g/mol. The van der Waals surface area contributed by atoms with Crippen LogP contribution in [-0.2, 0) is 11.3 Å². The highest BCUT2D eigenvalue weighted by Gasteiger charge is 2.20. The number of aromatic nitrogens is 2. The minimum absolute atomic E-state index is 0.150. The van der Waals surface area contributed by atoms with Crippen molar-refractivity contribution < 1.29 is 9.13 Å². The molecule has 0 aliphatic heterocycles. The molecule has 1 aromatic carbocycles. The van der Waals surface area contributed by atoms with Crippen molar-refractivity contribution in [3.63, 3.8) is 0 Å². The van der Waals surface area contributed by atoms with Crippen LogP contribution < -0.4 is 16.6 Å². The minimum atomic E-state index is -0.443. The van der Waals surface area contributed by atoms with Gasteiger partial charge in [-0.25, -0.2) is 9.18 Å². The molecule has 1 heterocycles. The molecule has 0 saturated heterocycles. The molecule has 0 amide bonds. The Labute approximate surface area is 177 Å². The SMILES string of the molecule is CCOCCCCn1c(=O)c2cc(F)c(NC3CCCCC3)cc2n(C(C)C)c1=O. The molecule has 2 aromatic rings. The molecule has 0 radical (unpaired) electrons. The highest BCUT2D eigenvalue weighted by Crippen LogP contribution is 2.26. The predicted octanol–water partition coefficient (Wildman–Crippen LogP) is 4.44. The molecule has 1 aliphatic carbocycles. The Bertz CT molecular complexity index is 974. The third kappa shape index (κ3) is 4.94. The standard InChI is InChI=1S/C23H34FN3O3/c1-4-30-13-9-8-12-26-22(28)18-14-19(24)20(25-17-10-6-5-7-11-17)15-21(18)27(16(2)3)23(26)29/h14-17,25H,4-13H2,1-3H3. The summed E-state index contributed by atoms with van der Waals surface area (Å²) in [5.41, 5.74) is 0.0999. The number of nitrogens with zero attached hydrogens (tertiary/aromatic N) is 2. The number of hydrogen-bond acceptors (Lipinski definition) is 4. The number of nitrogens with one attached hydrogen (secondary N) is 1. The van der Waals surface area contributed by atoms with Crippen LogP contribution in [-0.4, -0.2) is 28.4 Å². The van der Waals surface area contributed by atoms with Crippen LogP contribution in [0.15, 0.2) is 21.7 Å². The van der Waals surface area contributed by atoms with Crippen molar-refractivity contribution in [2.75, 3.05) is 18.5 Å². The first-order chi connectivity index (χ1) is 14.4. The van der Waals surface area contributed by atoms with Gasteiger partial charge in [0.15, 0.2) is 0 Å². The smallest absolute Gasteiger partial charge is 0.331 e. The van der Waals surface area contributed by atoms with Gasteiger partial charge in [0.2, 0.25) is 0 Å². The van der Waals surface area contributed by atoms with Gasteiger partial charge in [-0.15, -0.1) is 0 Å². The number of unbranched alkanes of at least 4 members (excludes halogenated alkanes) is 1. The van der Waals surface area contributed by atoms with Crippen molar-refractivity contribution in [1.29, 1.82) is 0 Å². The van der Waals surface area contributed by atoms with Gasteiger partial charge in [0.05, 0.1) is 16.6 Å². The largest absolute Gasteiger partial charge is 0.382 e. The molecule has 1 N–H and O–H groups in total. The zero-order chi connectivity index (χ0) is 21.7. The lowest BCUT2D eigenvalue weighted by molar-refractivity contribution is 0.142. The molecule has 0 atom stereocenters. The van der Waals surface area contributed by atoms with E-state index in [1.165, 1.54) is 17.1 Å². The van der Waals surface area contributed by atoms with Gasteiger partial charge < -0.3 is 10.1 Å². The summed E-state index contributed by atoms with van der Waals surface area (Å²) in [6.45, 7) is 7.29. The highest BCUT2D eigenvalue weighted by atomic mass is 19.1. The first-order valence-corrected chi connectivity index (χ1v) is 11.3. The van der Waals surface area contributed by atoms with Crippen molar-refractivity contribution in [2.24, 2.45) is 0 Å². The van der Waals surface area contributed by atoms with Crippen molar-refractivity contribution in [2.45, 2.75) is 84.3 Å². The Morgan fingerprint density at radius 2 is 1.90 bits per heavy atom. The van der Waals surface area contributed by atoms with E-state index in [0.717, 1.165) is 32.1 Å². The summed E-state index contributed by atoms with van der Waals surface area (Å²) in [6.07, 6.45) is 6.93. The van der Waals surface area contributed by atoms with Crippen LogP contribution in [0.25, 0.3) is 10.9 Å². The Kier molecular flexibility index (Phi) is 7.69. The monoisotopic (exact) mass is 419 g/mol. The number of fused-ring (bicyclic) bond motifs is 1. The lowest BCUT2D eigenvalue weighted by atomic mass is 9.95. The summed E-state index contributed by atoms with van der Waals surface area (Å²) in [7, 11) is 0. The van der Waals surface area contributed by atoms with Crippen LogP contribution >= 0.6 is 0 Å². The van der Waals surface area contributed by atoms with E-state index >= 15 is 0 Å². The Morgan fingerprint density at radius 3 is 2.57 bits per heavy atom. The second kappa shape index (κ2) is 10.2. The van der Waals surface area contributed by atoms with Crippen molar-refractivity contribution in [1.82, 2.24) is 9.13 Å². The van der Waals surface area contributed by atoms with E-state index in [1.54, 1.807) is 10.6 Å². The molecule has 0 unspecified atom stereocenters. The topological polar surface area (TPSA) is 65.3 Å². The average Bonchev–Trinajstić information content (AvgIpc) is 2.72. The maximum atomic E-state index is 14.9. The number of rotatable bonds is 9. The molecule has 1 saturated carbocycles. The van der Waals surface area contributed by atoms with Gasteiger partial charge in [0, 0.05) is 31.8 Å². The fraction of sp³-hybridized carbons (Fsp3) is 0.652. The van der Waals surface area contributed by atoms with Crippen LogP contribution in [0.4, 0.5) is 10.1 Å². The van der Waals surface area contributed by atoms with Crippen LogP contribution in [0.1, 0.15) is 71.8 Å². The summed E-state index contributed by atoms with van der Waals surface area (Å²) in [6, 6.07) is 3.01. The molecule has 6 nitrogen and oxygen atoms in total. The third-order valence-corrected chi connectivity index (χ3v) is 5.86. The molecule has 0 bridgehead atoms. The molecule has 0 spiro atoms. The van der Waals surface area contributed by atoms with Gasteiger partial charge in [-0.2, -0.15) is 0 Å². The second-order valence-corrected chi connectivity index (χ2v) is 8.44. The first-order valence-electron chi connectivity index (χ1n) is 11.3. The van der Waals surface area contributed by atoms with Gasteiger partial charge >= 0.3 is 5.69 Å². The van der Waals surface area contributed by atoms with Crippen LogP contribution in [0.5, 0.6) is 0 Å². The summed E-state index contributed by atoms with van der Waals surface area (Å²) in [5, 5.41) is 3.55. The van der Waals surface area contributed by atoms with E-state index in [2.05, 4.69) is 5.32 Å². The lowest BCUT2D eigenvalue weighted by Gasteiger charge is -2.25. The number of hydrogen-bond donors (Lipinski definition) is 1. The molecular formula is C23H34FN3O3. The summed E-state index contributed by atoms with van der Waals surface area (Å²) < 4.78 is 23.1. The number of halogens is 1. The fourth-order valence-corrected chi connectivity index (χ4v) is 4.29. The van der Waals surface area contributed by atoms with E-state index in [4.69, 9.17) is 4.74 Å². The second-order valence-electron chi connectivity index (χ2n) is 8.44. The maximum absolute atomic E-state index is 14.9. The van der Waals surface area contributed by atoms with Gasteiger partial charge in [-0.3, -0.25) is 13.9 Å². The number of anilines is 1. The Morgan fingerprint density at radius 1 is 1.17 bits per heavy atom. The van der Waals surface area contributed by atoms with E-state index < -0.39 is 11.4 Å². The summed E-state index contributed by atoms with van der Waals surface area (Å²) in [4.78, 5) is 26.2. The molecule has 3 rings (SSSR count). The van der Waals surface area contributed by atoms with Crippen LogP contribution in [0.2, 0.25) is 0 Å². The lowest BCUT2D eigenvalue weighted by Crippen LogP contribution is -2.41. The number of benzene rings is 1. The molecule has 7 heteroatoms. The average molecular weight is 420 g/mol. The van der Waals surface area contributed by atoms with Crippen molar-refractivity contribution in [3.8, 4) is 0 Å². The van der Waals surface area contributed by atoms with Gasteiger partial charge in [0.1, 0.15) is 5.82 Å². The quantitative estimate of drug-likeness (QED) is 0.610. The normalized spacial score (nSPS) is 15.2. The maximum Gasteiger partial charge on any atom is 0.331 e. The summed E-state index contributed by atoms with van der Waals surface area (Å²) >= 11 is 0.